The third kappa shape index (κ3) is 5.75. The summed E-state index contributed by atoms with van der Waals surface area (Å²) in [4.78, 5) is 0. The van der Waals surface area contributed by atoms with E-state index in [1.165, 1.54) is 10.8 Å². The molecule has 0 amide bonds. The first-order chi connectivity index (χ1) is 10.7. The SMILES string of the molecule is F[B]F.N=Cc1ccccc1O.c1ccc2ccccc2c1. The number of hydrogen-bond donors (Lipinski definition) is 2. The van der Waals surface area contributed by atoms with Gasteiger partial charge in [-0.3, -0.25) is 8.63 Å². The zero-order valence-electron chi connectivity index (χ0n) is 11.8. The summed E-state index contributed by atoms with van der Waals surface area (Å²) >= 11 is 0. The molecule has 0 heterocycles. The summed E-state index contributed by atoms with van der Waals surface area (Å²) in [6, 6.07) is 23.5. The van der Waals surface area contributed by atoms with Crippen molar-refractivity contribution in [1.29, 1.82) is 5.41 Å². The molecule has 0 bridgehead atoms. The van der Waals surface area contributed by atoms with Crippen molar-refractivity contribution in [3.05, 3.63) is 78.4 Å². The zero-order valence-corrected chi connectivity index (χ0v) is 11.8. The van der Waals surface area contributed by atoms with E-state index >= 15 is 0 Å². The van der Waals surface area contributed by atoms with Gasteiger partial charge >= 0.3 is 7.83 Å². The number of para-hydroxylation sites is 1. The van der Waals surface area contributed by atoms with Gasteiger partial charge in [-0.05, 0) is 22.9 Å². The molecule has 0 aliphatic heterocycles. The van der Waals surface area contributed by atoms with Crippen LogP contribution in [0.1, 0.15) is 5.56 Å². The molecule has 0 atom stereocenters. The topological polar surface area (TPSA) is 44.1 Å². The van der Waals surface area contributed by atoms with Gasteiger partial charge in [0.15, 0.2) is 0 Å². The van der Waals surface area contributed by atoms with Crippen LogP contribution in [-0.4, -0.2) is 19.2 Å². The van der Waals surface area contributed by atoms with Crippen LogP contribution in [0.15, 0.2) is 72.8 Å². The second-order valence-electron chi connectivity index (χ2n) is 4.13. The van der Waals surface area contributed by atoms with Gasteiger partial charge in [0.2, 0.25) is 0 Å². The second-order valence-corrected chi connectivity index (χ2v) is 4.13. The van der Waals surface area contributed by atoms with Crippen LogP contribution in [0.25, 0.3) is 10.8 Å². The Labute approximate surface area is 128 Å². The lowest BCUT2D eigenvalue weighted by atomic mass is 10.1. The molecular formula is C17H15BF2NO. The Morgan fingerprint density at radius 2 is 1.14 bits per heavy atom. The number of hydrogen-bond acceptors (Lipinski definition) is 2. The Balaban J connectivity index is 0.000000189. The number of rotatable bonds is 1. The highest BCUT2D eigenvalue weighted by atomic mass is 19.2. The number of phenolic OH excluding ortho intramolecular Hbond substituents is 1. The van der Waals surface area contributed by atoms with Gasteiger partial charge in [-0.25, -0.2) is 0 Å². The van der Waals surface area contributed by atoms with Crippen molar-refractivity contribution in [3.63, 3.8) is 0 Å². The van der Waals surface area contributed by atoms with E-state index < -0.39 is 7.83 Å². The van der Waals surface area contributed by atoms with Gasteiger partial charge < -0.3 is 10.5 Å². The van der Waals surface area contributed by atoms with Crippen LogP contribution >= 0.6 is 0 Å². The lowest BCUT2D eigenvalue weighted by molar-refractivity contribution is 0.474. The Kier molecular flexibility index (Phi) is 7.97. The van der Waals surface area contributed by atoms with Crippen LogP contribution in [0, 0.1) is 5.41 Å². The second kappa shape index (κ2) is 10.1. The van der Waals surface area contributed by atoms with E-state index in [1.807, 2.05) is 0 Å². The van der Waals surface area contributed by atoms with E-state index in [0.29, 0.717) is 5.56 Å². The highest BCUT2D eigenvalue weighted by Crippen LogP contribution is 2.12. The van der Waals surface area contributed by atoms with Crippen molar-refractivity contribution in [2.45, 2.75) is 0 Å². The minimum Gasteiger partial charge on any atom is -0.507 e. The number of halogens is 2. The fourth-order valence-corrected chi connectivity index (χ4v) is 1.74. The number of nitrogens with one attached hydrogen (secondary N) is 1. The maximum Gasteiger partial charge on any atom is 0.577 e. The highest BCUT2D eigenvalue weighted by molar-refractivity contribution is 6.15. The quantitative estimate of drug-likeness (QED) is 0.497. The molecule has 0 unspecified atom stereocenters. The number of benzene rings is 3. The molecular weight excluding hydrogens is 283 g/mol. The third-order valence-corrected chi connectivity index (χ3v) is 2.75. The van der Waals surface area contributed by atoms with Crippen molar-refractivity contribution in [3.8, 4) is 5.75 Å². The van der Waals surface area contributed by atoms with Crippen molar-refractivity contribution in [1.82, 2.24) is 0 Å². The predicted molar refractivity (Wildman–Crippen MR) is 87.9 cm³/mol. The fraction of sp³-hybridized carbons (Fsp3) is 0. The first-order valence-corrected chi connectivity index (χ1v) is 6.47. The summed E-state index contributed by atoms with van der Waals surface area (Å²) in [7, 11) is -1.00. The molecule has 0 fully saturated rings. The monoisotopic (exact) mass is 298 g/mol. The molecule has 0 aliphatic carbocycles. The smallest absolute Gasteiger partial charge is 0.507 e. The highest BCUT2D eigenvalue weighted by Gasteiger charge is 1.91. The number of fused-ring (bicyclic) bond motifs is 1. The van der Waals surface area contributed by atoms with Crippen LogP contribution in [0.5, 0.6) is 5.75 Å². The van der Waals surface area contributed by atoms with Crippen LogP contribution < -0.4 is 0 Å². The van der Waals surface area contributed by atoms with Gasteiger partial charge in [-0.2, -0.15) is 0 Å². The normalized spacial score (nSPS) is 8.82. The molecule has 111 valence electrons. The van der Waals surface area contributed by atoms with Gasteiger partial charge in [0.25, 0.3) is 0 Å². The van der Waals surface area contributed by atoms with Crippen LogP contribution in [-0.2, 0) is 0 Å². The van der Waals surface area contributed by atoms with E-state index in [9.17, 15) is 8.63 Å². The maximum atomic E-state index is 9.50. The Bertz CT molecular complexity index is 641. The maximum absolute atomic E-state index is 9.50. The zero-order chi connectivity index (χ0) is 16.2. The summed E-state index contributed by atoms with van der Waals surface area (Å²) < 4.78 is 19.0. The lowest BCUT2D eigenvalue weighted by Gasteiger charge is -1.92. The number of aromatic hydroxyl groups is 1. The van der Waals surface area contributed by atoms with Crippen LogP contribution in [0.2, 0.25) is 0 Å². The molecule has 0 saturated carbocycles. The summed E-state index contributed by atoms with van der Waals surface area (Å²) in [6.45, 7) is 0. The van der Waals surface area contributed by atoms with E-state index in [2.05, 4.69) is 48.5 Å². The summed E-state index contributed by atoms with van der Waals surface area (Å²) in [6.07, 6.45) is 1.12. The van der Waals surface area contributed by atoms with E-state index in [0.717, 1.165) is 6.21 Å². The number of phenols is 1. The predicted octanol–water partition coefficient (Wildman–Crippen LogP) is 4.69. The van der Waals surface area contributed by atoms with E-state index in [1.54, 1.807) is 24.3 Å². The van der Waals surface area contributed by atoms with Crippen LogP contribution in [0.4, 0.5) is 8.63 Å². The molecule has 0 spiro atoms. The minimum absolute atomic E-state index is 0.160. The summed E-state index contributed by atoms with van der Waals surface area (Å²) in [5.41, 5.74) is 0.553. The first-order valence-electron chi connectivity index (χ1n) is 6.47. The molecule has 3 aromatic carbocycles. The van der Waals surface area contributed by atoms with Gasteiger partial charge in [0.05, 0.1) is 0 Å². The van der Waals surface area contributed by atoms with Crippen molar-refractivity contribution in [2.75, 3.05) is 0 Å². The van der Waals surface area contributed by atoms with E-state index in [-0.39, 0.29) is 5.75 Å². The molecule has 2 nitrogen and oxygen atoms in total. The third-order valence-electron chi connectivity index (χ3n) is 2.75. The van der Waals surface area contributed by atoms with Gasteiger partial charge in [0.1, 0.15) is 5.75 Å². The van der Waals surface area contributed by atoms with Crippen molar-refractivity contribution >= 4 is 24.8 Å². The Hall–Kier alpha value is -2.69. The Morgan fingerprint density at radius 1 is 0.773 bits per heavy atom. The average molecular weight is 298 g/mol. The lowest BCUT2D eigenvalue weighted by Crippen LogP contribution is -1.77. The molecule has 0 aliphatic rings. The van der Waals surface area contributed by atoms with Crippen molar-refractivity contribution in [2.24, 2.45) is 0 Å². The largest absolute Gasteiger partial charge is 0.577 e. The summed E-state index contributed by atoms with van der Waals surface area (Å²) in [5, 5.41) is 18.4. The standard InChI is InChI=1S/C10H8.C7H7NO.BF2/c1-2-6-10-8-4-3-7-9(10)5-1;8-5-6-3-1-2-4-7(6)9;2-1-3/h1-8H;1-5,8-9H;. The molecule has 0 aromatic heterocycles. The first kappa shape index (κ1) is 17.4. The molecule has 3 aromatic rings. The van der Waals surface area contributed by atoms with Crippen molar-refractivity contribution < 1.29 is 13.7 Å². The molecule has 2 N–H and O–H groups in total. The van der Waals surface area contributed by atoms with Gasteiger partial charge in [0, 0.05) is 11.8 Å². The summed E-state index contributed by atoms with van der Waals surface area (Å²) in [5.74, 6) is 0.160. The van der Waals surface area contributed by atoms with Gasteiger partial charge in [-0.15, -0.1) is 0 Å². The average Bonchev–Trinajstić information content (AvgIpc) is 2.57. The molecule has 22 heavy (non-hydrogen) atoms. The molecule has 0 saturated heterocycles. The van der Waals surface area contributed by atoms with E-state index in [4.69, 9.17) is 10.5 Å². The van der Waals surface area contributed by atoms with Gasteiger partial charge in [-0.1, -0.05) is 60.7 Å². The molecule has 5 heteroatoms. The molecule has 1 radical (unpaired) electrons. The molecule has 3 rings (SSSR count). The van der Waals surface area contributed by atoms with Crippen LogP contribution in [0.3, 0.4) is 0 Å². The minimum atomic E-state index is -1.00. The Morgan fingerprint density at radius 3 is 1.45 bits per heavy atom. The fourth-order valence-electron chi connectivity index (χ4n) is 1.74.